The largest absolute Gasteiger partial charge is 0.490 e. The molecule has 2 N–H and O–H groups in total. The van der Waals surface area contributed by atoms with Gasteiger partial charge in [0, 0.05) is 12.3 Å². The summed E-state index contributed by atoms with van der Waals surface area (Å²) < 4.78 is 29.3. The highest BCUT2D eigenvalue weighted by Crippen LogP contribution is 2.26. The molecule has 0 aliphatic carbocycles. The van der Waals surface area contributed by atoms with E-state index in [0.29, 0.717) is 12.3 Å². The van der Waals surface area contributed by atoms with E-state index >= 15 is 0 Å². The Hall–Kier alpha value is -1.83. The van der Waals surface area contributed by atoms with Crippen LogP contribution in [0.5, 0.6) is 5.75 Å². The van der Waals surface area contributed by atoms with Crippen molar-refractivity contribution in [2.75, 3.05) is 6.61 Å². The van der Waals surface area contributed by atoms with Crippen molar-refractivity contribution in [3.05, 3.63) is 58.0 Å². The normalized spacial score (nSPS) is 11.3. The number of hydrogen-bond donors (Lipinski definition) is 1. The second-order valence-corrected chi connectivity index (χ2v) is 6.19. The van der Waals surface area contributed by atoms with Crippen LogP contribution in [0.15, 0.2) is 52.3 Å². The lowest BCUT2D eigenvalue weighted by atomic mass is 10.3. The third-order valence-electron chi connectivity index (χ3n) is 2.72. The maximum atomic E-state index is 11.5. The van der Waals surface area contributed by atoms with E-state index in [4.69, 9.17) is 21.5 Å². The van der Waals surface area contributed by atoms with Crippen LogP contribution in [0.3, 0.4) is 0 Å². The monoisotopic (exact) mass is 328 g/mol. The van der Waals surface area contributed by atoms with Gasteiger partial charge in [-0.25, -0.2) is 13.6 Å². The maximum Gasteiger partial charge on any atom is 0.250 e. The predicted octanol–water partition coefficient (Wildman–Crippen LogP) is 1.23. The van der Waals surface area contributed by atoms with Gasteiger partial charge in [0.25, 0.3) is 5.56 Å². The first-order chi connectivity index (χ1) is 9.88. The zero-order valence-corrected chi connectivity index (χ0v) is 12.5. The molecule has 6 nitrogen and oxygen atoms in total. The molecule has 0 saturated heterocycles. The third-order valence-corrected chi connectivity index (χ3v) is 3.93. The van der Waals surface area contributed by atoms with Crippen molar-refractivity contribution in [1.29, 1.82) is 0 Å². The third kappa shape index (κ3) is 4.07. The van der Waals surface area contributed by atoms with E-state index in [1.807, 2.05) is 0 Å². The molecule has 0 aliphatic rings. The quantitative estimate of drug-likeness (QED) is 0.893. The number of rotatable bonds is 5. The van der Waals surface area contributed by atoms with E-state index in [0.717, 1.165) is 0 Å². The molecule has 0 radical (unpaired) electrons. The van der Waals surface area contributed by atoms with E-state index < -0.39 is 10.0 Å². The van der Waals surface area contributed by atoms with E-state index in [-0.39, 0.29) is 22.1 Å². The summed E-state index contributed by atoms with van der Waals surface area (Å²) in [6, 6.07) is 8.81. The van der Waals surface area contributed by atoms with E-state index in [9.17, 15) is 13.2 Å². The highest BCUT2D eigenvalue weighted by atomic mass is 35.5. The van der Waals surface area contributed by atoms with Crippen LogP contribution in [0.4, 0.5) is 0 Å². The van der Waals surface area contributed by atoms with Crippen LogP contribution < -0.4 is 15.4 Å². The number of halogens is 1. The van der Waals surface area contributed by atoms with Gasteiger partial charge in [-0.05, 0) is 24.3 Å². The molecule has 8 heteroatoms. The van der Waals surface area contributed by atoms with Crippen LogP contribution in [0, 0.1) is 0 Å². The van der Waals surface area contributed by atoms with Gasteiger partial charge in [0.15, 0.2) is 0 Å². The van der Waals surface area contributed by atoms with Crippen LogP contribution in [-0.2, 0) is 16.6 Å². The predicted molar refractivity (Wildman–Crippen MR) is 79.0 cm³/mol. The molecule has 0 aliphatic heterocycles. The van der Waals surface area contributed by atoms with Gasteiger partial charge in [0.2, 0.25) is 10.0 Å². The minimum Gasteiger partial charge on any atom is -0.490 e. The van der Waals surface area contributed by atoms with Crippen LogP contribution in [0.2, 0.25) is 5.02 Å². The summed E-state index contributed by atoms with van der Waals surface area (Å²) >= 11 is 5.93. The molecule has 0 saturated carbocycles. The number of aromatic nitrogens is 1. The average Bonchev–Trinajstić information content (AvgIpc) is 2.41. The molecule has 1 heterocycles. The highest BCUT2D eigenvalue weighted by molar-refractivity contribution is 7.89. The van der Waals surface area contributed by atoms with Crippen molar-refractivity contribution in [3.8, 4) is 5.75 Å². The molecule has 1 aromatic carbocycles. The Morgan fingerprint density at radius 2 is 2.00 bits per heavy atom. The van der Waals surface area contributed by atoms with E-state index in [1.165, 1.54) is 28.8 Å². The summed E-state index contributed by atoms with van der Waals surface area (Å²) in [6.45, 7) is 0.575. The summed E-state index contributed by atoms with van der Waals surface area (Å²) in [5, 5.41) is 5.14. The van der Waals surface area contributed by atoms with Crippen LogP contribution in [0.1, 0.15) is 0 Å². The fourth-order valence-electron chi connectivity index (χ4n) is 1.67. The SMILES string of the molecule is NS(=O)(=O)c1ccc(OCCn2ccccc2=O)c(Cl)c1. The topological polar surface area (TPSA) is 91.4 Å². The van der Waals surface area contributed by atoms with Crippen LogP contribution >= 0.6 is 11.6 Å². The molecule has 1 aromatic heterocycles. The molecular weight excluding hydrogens is 316 g/mol. The lowest BCUT2D eigenvalue weighted by molar-refractivity contribution is 0.296. The van der Waals surface area contributed by atoms with Crippen LogP contribution in [-0.4, -0.2) is 19.6 Å². The van der Waals surface area contributed by atoms with Crippen molar-refractivity contribution in [3.63, 3.8) is 0 Å². The summed E-state index contributed by atoms with van der Waals surface area (Å²) in [5.74, 6) is 0.327. The molecule has 0 bridgehead atoms. The Balaban J connectivity index is 2.05. The number of benzene rings is 1. The summed E-state index contributed by atoms with van der Waals surface area (Å²) in [6.07, 6.45) is 1.65. The van der Waals surface area contributed by atoms with Gasteiger partial charge in [-0.2, -0.15) is 0 Å². The molecule has 2 rings (SSSR count). The molecule has 0 spiro atoms. The van der Waals surface area contributed by atoms with Gasteiger partial charge in [-0.3, -0.25) is 4.79 Å². The Kier molecular flexibility index (Phi) is 4.66. The van der Waals surface area contributed by atoms with Gasteiger partial charge in [-0.1, -0.05) is 17.7 Å². The van der Waals surface area contributed by atoms with Crippen LogP contribution in [0.25, 0.3) is 0 Å². The lowest BCUT2D eigenvalue weighted by Crippen LogP contribution is -2.21. The molecule has 2 aromatic rings. The summed E-state index contributed by atoms with van der Waals surface area (Å²) in [5.41, 5.74) is -0.128. The molecule has 0 amide bonds. The number of nitrogens with zero attached hydrogens (tertiary/aromatic N) is 1. The zero-order chi connectivity index (χ0) is 15.5. The average molecular weight is 329 g/mol. The van der Waals surface area contributed by atoms with E-state index in [1.54, 1.807) is 18.3 Å². The summed E-state index contributed by atoms with van der Waals surface area (Å²) in [7, 11) is -3.80. The van der Waals surface area contributed by atoms with Gasteiger partial charge >= 0.3 is 0 Å². The van der Waals surface area contributed by atoms with Gasteiger partial charge in [-0.15, -0.1) is 0 Å². The molecule has 0 fully saturated rings. The van der Waals surface area contributed by atoms with Crippen molar-refractivity contribution in [2.24, 2.45) is 5.14 Å². The standard InChI is InChI=1S/C13H13ClN2O4S/c14-11-9-10(21(15,18)19)4-5-12(11)20-8-7-16-6-2-1-3-13(16)17/h1-6,9H,7-8H2,(H2,15,18,19). The second kappa shape index (κ2) is 6.30. The van der Waals surface area contributed by atoms with Gasteiger partial charge in [0.1, 0.15) is 12.4 Å². The first-order valence-corrected chi connectivity index (χ1v) is 7.91. The molecule has 112 valence electrons. The number of primary sulfonamides is 1. The molecule has 21 heavy (non-hydrogen) atoms. The fraction of sp³-hybridized carbons (Fsp3) is 0.154. The minimum absolute atomic E-state index is 0.0841. The Morgan fingerprint density at radius 3 is 2.62 bits per heavy atom. The maximum absolute atomic E-state index is 11.5. The Labute approximate surface area is 126 Å². The van der Waals surface area contributed by atoms with Crippen molar-refractivity contribution in [2.45, 2.75) is 11.4 Å². The van der Waals surface area contributed by atoms with Gasteiger partial charge < -0.3 is 9.30 Å². The number of hydrogen-bond acceptors (Lipinski definition) is 4. The fourth-order valence-corrected chi connectivity index (χ4v) is 2.51. The second-order valence-electron chi connectivity index (χ2n) is 4.22. The highest BCUT2D eigenvalue weighted by Gasteiger charge is 2.11. The van der Waals surface area contributed by atoms with E-state index in [2.05, 4.69) is 0 Å². The first kappa shape index (κ1) is 15.6. The van der Waals surface area contributed by atoms with Crippen molar-refractivity contribution >= 4 is 21.6 Å². The molecular formula is C13H13ClN2O4S. The molecule has 0 atom stereocenters. The Morgan fingerprint density at radius 1 is 1.24 bits per heavy atom. The first-order valence-electron chi connectivity index (χ1n) is 5.98. The summed E-state index contributed by atoms with van der Waals surface area (Å²) in [4.78, 5) is 11.4. The number of ether oxygens (including phenoxy) is 1. The number of nitrogens with two attached hydrogens (primary N) is 1. The Bertz CT molecular complexity index is 802. The molecule has 0 unspecified atom stereocenters. The van der Waals surface area contributed by atoms with Crippen molar-refractivity contribution in [1.82, 2.24) is 4.57 Å². The smallest absolute Gasteiger partial charge is 0.250 e. The van der Waals surface area contributed by atoms with Crippen molar-refractivity contribution < 1.29 is 13.2 Å². The minimum atomic E-state index is -3.80. The number of sulfonamides is 1. The number of pyridine rings is 1. The van der Waals surface area contributed by atoms with Gasteiger partial charge in [0.05, 0.1) is 16.5 Å². The lowest BCUT2D eigenvalue weighted by Gasteiger charge is -2.10. The zero-order valence-electron chi connectivity index (χ0n) is 10.9.